The molecule has 7 nitrogen and oxygen atoms in total. The number of alkyl halides is 3. The zero-order valence-corrected chi connectivity index (χ0v) is 12.5. The summed E-state index contributed by atoms with van der Waals surface area (Å²) in [6, 6.07) is 0.261. The van der Waals surface area contributed by atoms with Crippen LogP contribution in [0.25, 0.3) is 0 Å². The molecular formula is C14H15F3N2O5. The minimum absolute atomic E-state index is 0.160. The summed E-state index contributed by atoms with van der Waals surface area (Å²) in [5.41, 5.74) is 0.160. The molecule has 24 heavy (non-hydrogen) atoms. The van der Waals surface area contributed by atoms with Crippen molar-refractivity contribution in [2.75, 3.05) is 13.1 Å². The van der Waals surface area contributed by atoms with E-state index in [1.54, 1.807) is 0 Å². The van der Waals surface area contributed by atoms with Gasteiger partial charge in [-0.2, -0.15) is 13.2 Å². The average Bonchev–Trinajstić information content (AvgIpc) is 3.14. The molecule has 0 bridgehead atoms. The third kappa shape index (κ3) is 3.69. The minimum atomic E-state index is -4.72. The second-order valence-corrected chi connectivity index (χ2v) is 5.54. The summed E-state index contributed by atoms with van der Waals surface area (Å²) >= 11 is 0. The van der Waals surface area contributed by atoms with Gasteiger partial charge in [-0.25, -0.2) is 0 Å². The van der Waals surface area contributed by atoms with Gasteiger partial charge in [-0.15, -0.1) is 0 Å². The highest BCUT2D eigenvalue weighted by molar-refractivity contribution is 5.97. The van der Waals surface area contributed by atoms with E-state index in [0.717, 1.165) is 11.2 Å². The SMILES string of the molecule is CC(NC(=O)c1ccoc1)C(=O)N1C[C@@H](C(F)(F)F)[C@H](C(=O)O)C1. The first-order valence-corrected chi connectivity index (χ1v) is 7.02. The zero-order chi connectivity index (χ0) is 18.1. The number of carboxylic acids is 1. The van der Waals surface area contributed by atoms with Crippen molar-refractivity contribution in [3.05, 3.63) is 24.2 Å². The standard InChI is InChI=1S/C14H15F3N2O5/c1-7(18-11(20)8-2-3-24-6-8)12(21)19-4-9(13(22)23)10(5-19)14(15,16)17/h2-3,6-7,9-10H,4-5H2,1H3,(H,18,20)(H,22,23)/t7?,9-,10-/m1/s1. The monoisotopic (exact) mass is 348 g/mol. The minimum Gasteiger partial charge on any atom is -0.481 e. The average molecular weight is 348 g/mol. The molecule has 1 fully saturated rings. The van der Waals surface area contributed by atoms with Crippen LogP contribution < -0.4 is 5.32 Å². The number of halogens is 3. The van der Waals surface area contributed by atoms with Crippen molar-refractivity contribution in [1.29, 1.82) is 0 Å². The fourth-order valence-electron chi connectivity index (χ4n) is 2.57. The summed E-state index contributed by atoms with van der Waals surface area (Å²) in [5.74, 6) is -6.85. The first-order chi connectivity index (χ1) is 11.1. The molecule has 2 rings (SSSR count). The number of carboxylic acid groups (broad SMARTS) is 1. The van der Waals surface area contributed by atoms with Crippen LogP contribution in [0.5, 0.6) is 0 Å². The molecule has 0 aromatic carbocycles. The Balaban J connectivity index is 2.04. The molecule has 0 radical (unpaired) electrons. The van der Waals surface area contributed by atoms with Crippen LogP contribution in [0.2, 0.25) is 0 Å². The Hall–Kier alpha value is -2.52. The van der Waals surface area contributed by atoms with Crippen LogP contribution in [-0.2, 0) is 9.59 Å². The van der Waals surface area contributed by atoms with Crippen molar-refractivity contribution in [1.82, 2.24) is 10.2 Å². The lowest BCUT2D eigenvalue weighted by Crippen LogP contribution is -2.46. The molecule has 1 aliphatic heterocycles. The number of hydrogen-bond acceptors (Lipinski definition) is 4. The van der Waals surface area contributed by atoms with Gasteiger partial charge in [0.2, 0.25) is 5.91 Å². The molecule has 1 aromatic rings. The van der Waals surface area contributed by atoms with Crippen LogP contribution in [0.1, 0.15) is 17.3 Å². The second-order valence-electron chi connectivity index (χ2n) is 5.54. The molecule has 10 heteroatoms. The Morgan fingerprint density at radius 3 is 2.50 bits per heavy atom. The van der Waals surface area contributed by atoms with E-state index in [0.29, 0.717) is 0 Å². The first kappa shape index (κ1) is 17.8. The maximum absolute atomic E-state index is 12.9. The van der Waals surface area contributed by atoms with Crippen LogP contribution in [0, 0.1) is 11.8 Å². The van der Waals surface area contributed by atoms with Gasteiger partial charge < -0.3 is 19.7 Å². The number of carbonyl (C=O) groups excluding carboxylic acids is 2. The Bertz CT molecular complexity index is 629. The van der Waals surface area contributed by atoms with Gasteiger partial charge in [0, 0.05) is 13.1 Å². The van der Waals surface area contributed by atoms with E-state index in [-0.39, 0.29) is 5.56 Å². The summed E-state index contributed by atoms with van der Waals surface area (Å²) < 4.78 is 43.5. The molecule has 1 aromatic heterocycles. The van der Waals surface area contributed by atoms with E-state index < -0.39 is 54.9 Å². The lowest BCUT2D eigenvalue weighted by atomic mass is 9.96. The molecule has 132 valence electrons. The molecule has 0 spiro atoms. The van der Waals surface area contributed by atoms with Crippen molar-refractivity contribution in [2.24, 2.45) is 11.8 Å². The van der Waals surface area contributed by atoms with Gasteiger partial charge in [0.25, 0.3) is 5.91 Å². The fourth-order valence-corrected chi connectivity index (χ4v) is 2.57. The number of nitrogens with one attached hydrogen (secondary N) is 1. The van der Waals surface area contributed by atoms with Gasteiger partial charge >= 0.3 is 12.1 Å². The molecule has 2 amide bonds. The Morgan fingerprint density at radius 2 is 2.04 bits per heavy atom. The molecule has 2 heterocycles. The normalized spacial score (nSPS) is 22.2. The van der Waals surface area contributed by atoms with Crippen LogP contribution in [-0.4, -0.2) is 53.1 Å². The van der Waals surface area contributed by atoms with E-state index in [2.05, 4.69) is 5.32 Å². The van der Waals surface area contributed by atoms with E-state index in [1.165, 1.54) is 19.3 Å². The smallest absolute Gasteiger partial charge is 0.394 e. The van der Waals surface area contributed by atoms with Gasteiger partial charge in [0.1, 0.15) is 12.3 Å². The first-order valence-electron chi connectivity index (χ1n) is 7.02. The summed E-state index contributed by atoms with van der Waals surface area (Å²) in [5, 5.41) is 11.3. The third-order valence-electron chi connectivity index (χ3n) is 3.87. The molecule has 1 aliphatic rings. The Morgan fingerprint density at radius 1 is 1.38 bits per heavy atom. The topological polar surface area (TPSA) is 99.9 Å². The summed E-state index contributed by atoms with van der Waals surface area (Å²) in [7, 11) is 0. The number of furan rings is 1. The summed E-state index contributed by atoms with van der Waals surface area (Å²) in [6.45, 7) is 0.0203. The largest absolute Gasteiger partial charge is 0.481 e. The lowest BCUT2D eigenvalue weighted by molar-refractivity contribution is -0.188. The Labute approximate surface area is 134 Å². The molecule has 1 saturated heterocycles. The summed E-state index contributed by atoms with van der Waals surface area (Å²) in [4.78, 5) is 35.9. The number of aliphatic carboxylic acids is 1. The van der Waals surface area contributed by atoms with Gasteiger partial charge in [-0.1, -0.05) is 0 Å². The highest BCUT2D eigenvalue weighted by atomic mass is 19.4. The molecule has 1 unspecified atom stereocenters. The predicted octanol–water partition coefficient (Wildman–Crippen LogP) is 1.12. The number of nitrogens with zero attached hydrogens (tertiary/aromatic N) is 1. The number of likely N-dealkylation sites (tertiary alicyclic amines) is 1. The van der Waals surface area contributed by atoms with Crippen LogP contribution in [0.3, 0.4) is 0 Å². The highest BCUT2D eigenvalue weighted by Crippen LogP contribution is 2.37. The van der Waals surface area contributed by atoms with E-state index in [1.807, 2.05) is 0 Å². The molecule has 2 N–H and O–H groups in total. The number of rotatable bonds is 4. The van der Waals surface area contributed by atoms with Gasteiger partial charge in [0.05, 0.1) is 23.7 Å². The second kappa shape index (κ2) is 6.54. The number of amides is 2. The Kier molecular flexibility index (Phi) is 4.86. The molecule has 3 atom stereocenters. The summed E-state index contributed by atoms with van der Waals surface area (Å²) in [6.07, 6.45) is -2.31. The van der Waals surface area contributed by atoms with E-state index in [9.17, 15) is 27.6 Å². The van der Waals surface area contributed by atoms with Crippen molar-refractivity contribution in [2.45, 2.75) is 19.1 Å². The zero-order valence-electron chi connectivity index (χ0n) is 12.5. The number of hydrogen-bond donors (Lipinski definition) is 2. The molecule has 0 saturated carbocycles. The third-order valence-corrected chi connectivity index (χ3v) is 3.87. The molecule has 0 aliphatic carbocycles. The quantitative estimate of drug-likeness (QED) is 0.849. The maximum Gasteiger partial charge on any atom is 0.394 e. The van der Waals surface area contributed by atoms with Crippen molar-refractivity contribution >= 4 is 17.8 Å². The van der Waals surface area contributed by atoms with Gasteiger partial charge in [-0.3, -0.25) is 14.4 Å². The van der Waals surface area contributed by atoms with Crippen molar-refractivity contribution < 1.29 is 37.1 Å². The van der Waals surface area contributed by atoms with Crippen LogP contribution in [0.4, 0.5) is 13.2 Å². The van der Waals surface area contributed by atoms with Crippen LogP contribution in [0.15, 0.2) is 23.0 Å². The van der Waals surface area contributed by atoms with E-state index >= 15 is 0 Å². The lowest BCUT2D eigenvalue weighted by Gasteiger charge is -2.22. The van der Waals surface area contributed by atoms with Crippen molar-refractivity contribution in [3.63, 3.8) is 0 Å². The van der Waals surface area contributed by atoms with Crippen molar-refractivity contribution in [3.8, 4) is 0 Å². The van der Waals surface area contributed by atoms with Gasteiger partial charge in [-0.05, 0) is 13.0 Å². The maximum atomic E-state index is 12.9. The predicted molar refractivity (Wildman–Crippen MR) is 72.9 cm³/mol. The number of carbonyl (C=O) groups is 3. The van der Waals surface area contributed by atoms with Gasteiger partial charge in [0.15, 0.2) is 0 Å². The fraction of sp³-hybridized carbons (Fsp3) is 0.500. The van der Waals surface area contributed by atoms with E-state index in [4.69, 9.17) is 9.52 Å². The van der Waals surface area contributed by atoms with Crippen LogP contribution >= 0.6 is 0 Å². The highest BCUT2D eigenvalue weighted by Gasteiger charge is 2.53. The molecular weight excluding hydrogens is 333 g/mol.